The molecule has 0 N–H and O–H groups in total. The highest BCUT2D eigenvalue weighted by molar-refractivity contribution is 9.10. The van der Waals surface area contributed by atoms with Gasteiger partial charge in [0.15, 0.2) is 5.82 Å². The number of thioether (sulfide) groups is 1. The van der Waals surface area contributed by atoms with E-state index in [1.54, 1.807) is 22.7 Å². The Hall–Kier alpha value is -2.12. The first kappa shape index (κ1) is 18.7. The lowest BCUT2D eigenvalue weighted by Crippen LogP contribution is -1.97. The van der Waals surface area contributed by atoms with Crippen LogP contribution in [0.3, 0.4) is 0 Å². The molecule has 134 valence electrons. The largest absolute Gasteiger partial charge is 0.494 e. The predicted molar refractivity (Wildman–Crippen MR) is 109 cm³/mol. The molecule has 0 aliphatic rings. The minimum absolute atomic E-state index is 0.659. The fraction of sp³-hybridized carbons (Fsp3) is 0.211. The third-order valence-corrected chi connectivity index (χ3v) is 5.08. The maximum absolute atomic E-state index is 5.45. The lowest BCUT2D eigenvalue weighted by Gasteiger charge is -2.04. The Bertz CT molecular complexity index is 876. The number of hydrogen-bond acceptors (Lipinski definition) is 5. The molecule has 0 aliphatic carbocycles. The smallest absolute Gasteiger partial charge is 0.212 e. The molecule has 5 nitrogen and oxygen atoms in total. The van der Waals surface area contributed by atoms with Crippen LogP contribution < -0.4 is 4.74 Å². The van der Waals surface area contributed by atoms with Crippen molar-refractivity contribution >= 4 is 33.9 Å². The molecule has 0 aliphatic heterocycles. The number of rotatable bonds is 7. The number of aromatic nitrogens is 3. The van der Waals surface area contributed by atoms with Gasteiger partial charge in [-0.25, -0.2) is 0 Å². The number of benzene rings is 2. The van der Waals surface area contributed by atoms with Gasteiger partial charge < -0.3 is 4.74 Å². The molecule has 0 saturated carbocycles. The van der Waals surface area contributed by atoms with Crippen LogP contribution in [-0.4, -0.2) is 27.7 Å². The monoisotopic (exact) mass is 430 g/mol. The predicted octanol–water partition coefficient (Wildman–Crippen LogP) is 4.92. The molecule has 26 heavy (non-hydrogen) atoms. The van der Waals surface area contributed by atoms with Crippen LogP contribution in [0.2, 0.25) is 0 Å². The average Bonchev–Trinajstić information content (AvgIpc) is 3.01. The second kappa shape index (κ2) is 9.00. The molecule has 0 atom stereocenters. The maximum atomic E-state index is 5.45. The van der Waals surface area contributed by atoms with Crippen LogP contribution in [0.25, 0.3) is 0 Å². The van der Waals surface area contributed by atoms with Gasteiger partial charge in [-0.05, 0) is 61.4 Å². The van der Waals surface area contributed by atoms with Gasteiger partial charge in [0.05, 0.1) is 12.8 Å². The van der Waals surface area contributed by atoms with E-state index in [1.807, 2.05) is 50.2 Å². The number of halogens is 1. The first-order chi connectivity index (χ1) is 12.7. The van der Waals surface area contributed by atoms with Crippen molar-refractivity contribution < 1.29 is 4.74 Å². The van der Waals surface area contributed by atoms with E-state index in [-0.39, 0.29) is 0 Å². The van der Waals surface area contributed by atoms with Crippen LogP contribution in [0.5, 0.6) is 5.75 Å². The molecule has 2 aromatic carbocycles. The molecule has 0 spiro atoms. The molecular weight excluding hydrogens is 412 g/mol. The van der Waals surface area contributed by atoms with Crippen molar-refractivity contribution in [3.63, 3.8) is 0 Å². The lowest BCUT2D eigenvalue weighted by atomic mass is 10.2. The van der Waals surface area contributed by atoms with E-state index in [9.17, 15) is 0 Å². The summed E-state index contributed by atoms with van der Waals surface area (Å²) in [6.07, 6.45) is 1.80. The quantitative estimate of drug-likeness (QED) is 0.394. The van der Waals surface area contributed by atoms with Crippen LogP contribution in [0.15, 0.2) is 63.3 Å². The van der Waals surface area contributed by atoms with Gasteiger partial charge in [-0.3, -0.25) is 0 Å². The number of aryl methyl sites for hydroxylation is 1. The van der Waals surface area contributed by atoms with E-state index in [0.717, 1.165) is 32.5 Å². The average molecular weight is 431 g/mol. The zero-order valence-electron chi connectivity index (χ0n) is 14.6. The Morgan fingerprint density at radius 3 is 2.54 bits per heavy atom. The molecule has 0 unspecified atom stereocenters. The molecule has 0 fully saturated rings. The zero-order chi connectivity index (χ0) is 18.4. The van der Waals surface area contributed by atoms with E-state index in [1.165, 1.54) is 5.56 Å². The van der Waals surface area contributed by atoms with Gasteiger partial charge in [-0.2, -0.15) is 9.78 Å². The number of nitrogens with zero attached hydrogens (tertiary/aromatic N) is 4. The normalized spacial score (nSPS) is 11.2. The van der Waals surface area contributed by atoms with Crippen LogP contribution in [0.4, 0.5) is 0 Å². The fourth-order valence-corrected chi connectivity index (χ4v) is 3.38. The minimum Gasteiger partial charge on any atom is -0.494 e. The van der Waals surface area contributed by atoms with Gasteiger partial charge in [0.1, 0.15) is 5.75 Å². The third kappa shape index (κ3) is 4.95. The highest BCUT2D eigenvalue weighted by Crippen LogP contribution is 2.23. The van der Waals surface area contributed by atoms with Crippen molar-refractivity contribution in [1.82, 2.24) is 14.9 Å². The lowest BCUT2D eigenvalue weighted by molar-refractivity contribution is 0.340. The van der Waals surface area contributed by atoms with Crippen molar-refractivity contribution in [3.05, 3.63) is 70.0 Å². The van der Waals surface area contributed by atoms with Crippen molar-refractivity contribution in [3.8, 4) is 5.75 Å². The Labute approximate surface area is 165 Å². The van der Waals surface area contributed by atoms with Gasteiger partial charge >= 0.3 is 0 Å². The van der Waals surface area contributed by atoms with Crippen molar-refractivity contribution in [2.45, 2.75) is 24.8 Å². The topological polar surface area (TPSA) is 52.3 Å². The summed E-state index contributed by atoms with van der Waals surface area (Å²) in [6.45, 7) is 4.52. The summed E-state index contributed by atoms with van der Waals surface area (Å²) in [5.74, 6) is 2.42. The maximum Gasteiger partial charge on any atom is 0.212 e. The molecule has 1 aromatic heterocycles. The van der Waals surface area contributed by atoms with Crippen molar-refractivity contribution in [2.75, 3.05) is 6.61 Å². The molecule has 0 bridgehead atoms. The molecule has 0 saturated heterocycles. The van der Waals surface area contributed by atoms with Gasteiger partial charge in [-0.15, -0.1) is 10.2 Å². The van der Waals surface area contributed by atoms with E-state index in [0.29, 0.717) is 6.61 Å². The van der Waals surface area contributed by atoms with Crippen LogP contribution >= 0.6 is 27.7 Å². The first-order valence-electron chi connectivity index (χ1n) is 8.22. The van der Waals surface area contributed by atoms with E-state index >= 15 is 0 Å². The van der Waals surface area contributed by atoms with Crippen LogP contribution in [0, 0.1) is 6.92 Å². The Morgan fingerprint density at radius 2 is 1.85 bits per heavy atom. The van der Waals surface area contributed by atoms with Crippen LogP contribution in [0.1, 0.15) is 23.9 Å². The molecule has 1 heterocycles. The fourth-order valence-electron chi connectivity index (χ4n) is 2.23. The SMILES string of the molecule is CCOc1ccc(/C=N/n2c(C)nnc2SCc2ccc(Br)cc2)cc1. The second-order valence-corrected chi connectivity index (χ2v) is 7.36. The Balaban J connectivity index is 1.69. The second-order valence-electron chi connectivity index (χ2n) is 5.50. The Morgan fingerprint density at radius 1 is 1.12 bits per heavy atom. The summed E-state index contributed by atoms with van der Waals surface area (Å²) in [5, 5.41) is 13.7. The van der Waals surface area contributed by atoms with E-state index in [2.05, 4.69) is 43.4 Å². The third-order valence-electron chi connectivity index (χ3n) is 3.56. The van der Waals surface area contributed by atoms with Crippen LogP contribution in [-0.2, 0) is 5.75 Å². The van der Waals surface area contributed by atoms with Gasteiger partial charge in [-0.1, -0.05) is 39.8 Å². The molecule has 0 amide bonds. The zero-order valence-corrected chi connectivity index (χ0v) is 17.0. The summed E-state index contributed by atoms with van der Waals surface area (Å²) in [4.78, 5) is 0. The highest BCUT2D eigenvalue weighted by Gasteiger charge is 2.08. The summed E-state index contributed by atoms with van der Waals surface area (Å²) < 4.78 is 8.29. The Kier molecular flexibility index (Phi) is 6.46. The van der Waals surface area contributed by atoms with Gasteiger partial charge in [0.2, 0.25) is 5.16 Å². The highest BCUT2D eigenvalue weighted by atomic mass is 79.9. The van der Waals surface area contributed by atoms with E-state index in [4.69, 9.17) is 4.74 Å². The summed E-state index contributed by atoms with van der Waals surface area (Å²) in [7, 11) is 0. The summed E-state index contributed by atoms with van der Waals surface area (Å²) >= 11 is 5.06. The minimum atomic E-state index is 0.659. The summed E-state index contributed by atoms with van der Waals surface area (Å²) in [5.41, 5.74) is 2.21. The first-order valence-corrected chi connectivity index (χ1v) is 10.00. The summed E-state index contributed by atoms with van der Waals surface area (Å²) in [6, 6.07) is 16.1. The molecule has 7 heteroatoms. The standard InChI is InChI=1S/C19H19BrN4OS/c1-3-25-18-10-6-15(7-11-18)12-21-24-14(2)22-23-19(24)26-13-16-4-8-17(20)9-5-16/h4-12H,3,13H2,1-2H3/b21-12+. The number of ether oxygens (including phenoxy) is 1. The van der Waals surface area contributed by atoms with Gasteiger partial charge in [0.25, 0.3) is 0 Å². The molecular formula is C19H19BrN4OS. The van der Waals surface area contributed by atoms with Crippen molar-refractivity contribution in [2.24, 2.45) is 5.10 Å². The molecule has 3 aromatic rings. The van der Waals surface area contributed by atoms with Gasteiger partial charge in [0, 0.05) is 10.2 Å². The molecule has 3 rings (SSSR count). The molecule has 0 radical (unpaired) electrons. The van der Waals surface area contributed by atoms with E-state index < -0.39 is 0 Å². The van der Waals surface area contributed by atoms with Crippen molar-refractivity contribution in [1.29, 1.82) is 0 Å². The number of hydrogen-bond donors (Lipinski definition) is 0.